The van der Waals surface area contributed by atoms with E-state index in [1.54, 1.807) is 0 Å². The summed E-state index contributed by atoms with van der Waals surface area (Å²) < 4.78 is 0. The Morgan fingerprint density at radius 1 is 1.22 bits per heavy atom. The van der Waals surface area contributed by atoms with Crippen LogP contribution in [0.25, 0.3) is 0 Å². The molecule has 2 rings (SSSR count). The van der Waals surface area contributed by atoms with E-state index in [9.17, 15) is 0 Å². The van der Waals surface area contributed by atoms with Crippen LogP contribution >= 0.6 is 0 Å². The highest BCUT2D eigenvalue weighted by Gasteiger charge is 2.26. The van der Waals surface area contributed by atoms with Crippen LogP contribution in [0.3, 0.4) is 0 Å². The Bertz CT molecular complexity index is 386. The van der Waals surface area contributed by atoms with E-state index in [-0.39, 0.29) is 6.04 Å². The number of anilines is 1. The standard InChI is InChI=1S/C16H26N2/c1-12-8-4-6-10-15(12)18(3)16-11-7-5-9-14(16)13(2)17/h5,7,9,11-13,15H,4,6,8,10,17H2,1-3H3/t12?,13-,15?/m0/s1. The molecule has 0 spiro atoms. The number of rotatable bonds is 3. The monoisotopic (exact) mass is 246 g/mol. The quantitative estimate of drug-likeness (QED) is 0.880. The molecular weight excluding hydrogens is 220 g/mol. The zero-order chi connectivity index (χ0) is 13.1. The van der Waals surface area contributed by atoms with Gasteiger partial charge >= 0.3 is 0 Å². The molecule has 0 aliphatic heterocycles. The first-order valence-corrected chi connectivity index (χ1v) is 7.18. The summed E-state index contributed by atoms with van der Waals surface area (Å²) >= 11 is 0. The van der Waals surface area contributed by atoms with Crippen molar-refractivity contribution in [2.75, 3.05) is 11.9 Å². The molecule has 0 amide bonds. The van der Waals surface area contributed by atoms with E-state index < -0.39 is 0 Å². The van der Waals surface area contributed by atoms with Crippen molar-refractivity contribution < 1.29 is 0 Å². The maximum atomic E-state index is 6.09. The first-order chi connectivity index (χ1) is 8.61. The summed E-state index contributed by atoms with van der Waals surface area (Å²) in [6.07, 6.45) is 5.42. The summed E-state index contributed by atoms with van der Waals surface area (Å²) in [5, 5.41) is 0. The van der Waals surface area contributed by atoms with Gasteiger partial charge in [-0.25, -0.2) is 0 Å². The third-order valence-corrected chi connectivity index (χ3v) is 4.37. The Morgan fingerprint density at radius 2 is 1.89 bits per heavy atom. The van der Waals surface area contributed by atoms with Crippen molar-refractivity contribution in [2.45, 2.75) is 51.6 Å². The molecule has 0 aromatic heterocycles. The van der Waals surface area contributed by atoms with Crippen LogP contribution in [0, 0.1) is 5.92 Å². The van der Waals surface area contributed by atoms with E-state index in [4.69, 9.17) is 5.73 Å². The lowest BCUT2D eigenvalue weighted by molar-refractivity contribution is 0.321. The number of nitrogens with zero attached hydrogens (tertiary/aromatic N) is 1. The smallest absolute Gasteiger partial charge is 0.0414 e. The lowest BCUT2D eigenvalue weighted by Gasteiger charge is -2.39. The highest BCUT2D eigenvalue weighted by atomic mass is 15.1. The van der Waals surface area contributed by atoms with Crippen LogP contribution in [0.2, 0.25) is 0 Å². The van der Waals surface area contributed by atoms with E-state index in [0.29, 0.717) is 6.04 Å². The molecule has 1 aliphatic rings. The predicted octanol–water partition coefficient (Wildman–Crippen LogP) is 3.72. The molecule has 1 aromatic rings. The summed E-state index contributed by atoms with van der Waals surface area (Å²) in [5.74, 6) is 0.782. The minimum absolute atomic E-state index is 0.0996. The second-order valence-corrected chi connectivity index (χ2v) is 5.79. The Balaban J connectivity index is 2.24. The lowest BCUT2D eigenvalue weighted by atomic mass is 9.84. The number of nitrogens with two attached hydrogens (primary N) is 1. The van der Waals surface area contributed by atoms with Gasteiger partial charge in [0.05, 0.1) is 0 Å². The second-order valence-electron chi connectivity index (χ2n) is 5.79. The van der Waals surface area contributed by atoms with Crippen molar-refractivity contribution >= 4 is 5.69 Å². The Kier molecular flexibility index (Phi) is 4.28. The zero-order valence-corrected chi connectivity index (χ0v) is 11.9. The second kappa shape index (κ2) is 5.75. The molecule has 2 unspecified atom stereocenters. The van der Waals surface area contributed by atoms with Crippen LogP contribution in [-0.4, -0.2) is 13.1 Å². The topological polar surface area (TPSA) is 29.3 Å². The average molecular weight is 246 g/mol. The molecule has 0 heterocycles. The van der Waals surface area contributed by atoms with Gasteiger partial charge in [0.15, 0.2) is 0 Å². The molecule has 0 saturated heterocycles. The fourth-order valence-corrected chi connectivity index (χ4v) is 3.24. The van der Waals surface area contributed by atoms with Crippen LogP contribution in [0.15, 0.2) is 24.3 Å². The third-order valence-electron chi connectivity index (χ3n) is 4.37. The zero-order valence-electron chi connectivity index (χ0n) is 11.9. The van der Waals surface area contributed by atoms with Crippen LogP contribution in [0.4, 0.5) is 5.69 Å². The number of hydrogen-bond acceptors (Lipinski definition) is 2. The molecule has 2 heteroatoms. The van der Waals surface area contributed by atoms with Gasteiger partial charge in [-0.1, -0.05) is 38.0 Å². The molecule has 2 nitrogen and oxygen atoms in total. The Morgan fingerprint density at radius 3 is 2.56 bits per heavy atom. The van der Waals surface area contributed by atoms with Crippen LogP contribution in [0.5, 0.6) is 0 Å². The molecule has 2 N–H and O–H groups in total. The molecule has 3 atom stereocenters. The van der Waals surface area contributed by atoms with Gasteiger partial charge in [0, 0.05) is 24.8 Å². The van der Waals surface area contributed by atoms with E-state index >= 15 is 0 Å². The fourth-order valence-electron chi connectivity index (χ4n) is 3.24. The fraction of sp³-hybridized carbons (Fsp3) is 0.625. The van der Waals surface area contributed by atoms with Crippen molar-refractivity contribution in [2.24, 2.45) is 11.7 Å². The van der Waals surface area contributed by atoms with Crippen LogP contribution < -0.4 is 10.6 Å². The SMILES string of the molecule is CC1CCCCC1N(C)c1ccccc1[C@H](C)N. The van der Waals surface area contributed by atoms with E-state index in [1.165, 1.54) is 36.9 Å². The molecule has 1 aliphatic carbocycles. The number of benzene rings is 1. The summed E-state index contributed by atoms with van der Waals surface area (Å²) in [4.78, 5) is 2.46. The third kappa shape index (κ3) is 2.69. The van der Waals surface area contributed by atoms with Crippen molar-refractivity contribution in [3.05, 3.63) is 29.8 Å². The van der Waals surface area contributed by atoms with Crippen molar-refractivity contribution in [3.63, 3.8) is 0 Å². The minimum Gasteiger partial charge on any atom is -0.371 e. The van der Waals surface area contributed by atoms with Gasteiger partial charge in [-0.2, -0.15) is 0 Å². The largest absolute Gasteiger partial charge is 0.371 e. The summed E-state index contributed by atoms with van der Waals surface area (Å²) in [7, 11) is 2.23. The summed E-state index contributed by atoms with van der Waals surface area (Å²) in [6.45, 7) is 4.45. The molecule has 18 heavy (non-hydrogen) atoms. The first kappa shape index (κ1) is 13.4. The van der Waals surface area contributed by atoms with Crippen LogP contribution in [-0.2, 0) is 0 Å². The minimum atomic E-state index is 0.0996. The first-order valence-electron chi connectivity index (χ1n) is 7.18. The van der Waals surface area contributed by atoms with Crippen molar-refractivity contribution in [1.29, 1.82) is 0 Å². The number of hydrogen-bond donors (Lipinski definition) is 1. The summed E-state index contributed by atoms with van der Waals surface area (Å²) in [6, 6.07) is 9.33. The normalized spacial score (nSPS) is 25.8. The molecule has 1 fully saturated rings. The van der Waals surface area contributed by atoms with Gasteiger partial charge in [-0.15, -0.1) is 0 Å². The maximum Gasteiger partial charge on any atom is 0.0414 e. The molecule has 100 valence electrons. The van der Waals surface area contributed by atoms with E-state index in [2.05, 4.69) is 50.1 Å². The van der Waals surface area contributed by atoms with Crippen molar-refractivity contribution in [3.8, 4) is 0 Å². The predicted molar refractivity (Wildman–Crippen MR) is 78.9 cm³/mol. The van der Waals surface area contributed by atoms with Gasteiger partial charge < -0.3 is 10.6 Å². The van der Waals surface area contributed by atoms with E-state index in [1.807, 2.05) is 0 Å². The van der Waals surface area contributed by atoms with Gasteiger partial charge in [0.25, 0.3) is 0 Å². The average Bonchev–Trinajstić information content (AvgIpc) is 2.38. The highest BCUT2D eigenvalue weighted by molar-refractivity contribution is 5.55. The van der Waals surface area contributed by atoms with Gasteiger partial charge in [0.2, 0.25) is 0 Å². The lowest BCUT2D eigenvalue weighted by Crippen LogP contribution is -2.39. The molecule has 0 radical (unpaired) electrons. The van der Waals surface area contributed by atoms with E-state index in [0.717, 1.165) is 5.92 Å². The van der Waals surface area contributed by atoms with Gasteiger partial charge in [-0.3, -0.25) is 0 Å². The Labute approximate surface area is 111 Å². The number of para-hydroxylation sites is 1. The summed E-state index contributed by atoms with van der Waals surface area (Å²) in [5.41, 5.74) is 8.66. The van der Waals surface area contributed by atoms with Crippen LogP contribution in [0.1, 0.15) is 51.1 Å². The highest BCUT2D eigenvalue weighted by Crippen LogP contribution is 2.33. The molecule has 0 bridgehead atoms. The molecular formula is C16H26N2. The van der Waals surface area contributed by atoms with Gasteiger partial charge in [-0.05, 0) is 37.3 Å². The van der Waals surface area contributed by atoms with Crippen molar-refractivity contribution in [1.82, 2.24) is 0 Å². The van der Waals surface area contributed by atoms with Gasteiger partial charge in [0.1, 0.15) is 0 Å². The molecule has 1 aromatic carbocycles. The maximum absolute atomic E-state index is 6.09. The molecule has 1 saturated carbocycles. The Hall–Kier alpha value is -1.02.